The summed E-state index contributed by atoms with van der Waals surface area (Å²) in [6.45, 7) is 0. The lowest BCUT2D eigenvalue weighted by molar-refractivity contribution is 0.474. The van der Waals surface area contributed by atoms with Gasteiger partial charge in [-0.25, -0.2) is 0 Å². The number of aromatic hydroxyl groups is 2. The lowest BCUT2D eigenvalue weighted by atomic mass is 10.0. The van der Waals surface area contributed by atoms with Crippen molar-refractivity contribution in [3.05, 3.63) is 60.7 Å². The Hall–Kier alpha value is -3.66. The first kappa shape index (κ1) is 13.6. The lowest BCUT2D eigenvalue weighted by Crippen LogP contribution is -1.73. The molecular formula is C22H12O4. The van der Waals surface area contributed by atoms with E-state index in [0.717, 1.165) is 49.1 Å². The van der Waals surface area contributed by atoms with Gasteiger partial charge in [-0.15, -0.1) is 0 Å². The summed E-state index contributed by atoms with van der Waals surface area (Å²) in [6, 6.07) is 18.4. The van der Waals surface area contributed by atoms with E-state index in [1.165, 1.54) is 0 Å². The second kappa shape index (κ2) is 4.49. The smallest absolute Gasteiger partial charge is 0.139 e. The van der Waals surface area contributed by atoms with Gasteiger partial charge in [-0.2, -0.15) is 0 Å². The molecule has 26 heavy (non-hydrogen) atoms. The van der Waals surface area contributed by atoms with E-state index in [1.807, 2.05) is 30.3 Å². The number of phenols is 2. The van der Waals surface area contributed by atoms with Crippen molar-refractivity contribution >= 4 is 54.6 Å². The SMILES string of the molecule is Oc1ccc2cc3c(cc2c1)oc1cc2c(cc13)oc1cc(O)ccc12. The zero-order valence-corrected chi connectivity index (χ0v) is 13.5. The Morgan fingerprint density at radius 3 is 1.85 bits per heavy atom. The summed E-state index contributed by atoms with van der Waals surface area (Å²) in [4.78, 5) is 0. The van der Waals surface area contributed by atoms with Crippen molar-refractivity contribution in [2.24, 2.45) is 0 Å². The van der Waals surface area contributed by atoms with Crippen LogP contribution in [0, 0.1) is 0 Å². The average molecular weight is 340 g/mol. The van der Waals surface area contributed by atoms with Gasteiger partial charge < -0.3 is 19.0 Å². The molecule has 0 unspecified atom stereocenters. The molecule has 0 radical (unpaired) electrons. The Kier molecular flexibility index (Phi) is 2.35. The Labute approximate surface area is 146 Å². The van der Waals surface area contributed by atoms with Crippen LogP contribution >= 0.6 is 0 Å². The van der Waals surface area contributed by atoms with Crippen molar-refractivity contribution in [3.8, 4) is 11.5 Å². The molecule has 0 aliphatic carbocycles. The first-order valence-electron chi connectivity index (χ1n) is 8.30. The second-order valence-electron chi connectivity index (χ2n) is 6.61. The van der Waals surface area contributed by atoms with Crippen LogP contribution in [-0.2, 0) is 0 Å². The Morgan fingerprint density at radius 2 is 1.04 bits per heavy atom. The molecule has 0 aliphatic rings. The quantitative estimate of drug-likeness (QED) is 0.353. The van der Waals surface area contributed by atoms with E-state index in [0.29, 0.717) is 5.58 Å². The summed E-state index contributed by atoms with van der Waals surface area (Å²) >= 11 is 0. The predicted molar refractivity (Wildman–Crippen MR) is 102 cm³/mol. The van der Waals surface area contributed by atoms with E-state index in [4.69, 9.17) is 8.83 Å². The molecule has 4 nitrogen and oxygen atoms in total. The van der Waals surface area contributed by atoms with E-state index in [9.17, 15) is 10.2 Å². The molecule has 0 aliphatic heterocycles. The van der Waals surface area contributed by atoms with Gasteiger partial charge in [-0.3, -0.25) is 0 Å². The van der Waals surface area contributed by atoms with Gasteiger partial charge in [0.15, 0.2) is 0 Å². The third-order valence-electron chi connectivity index (χ3n) is 4.99. The van der Waals surface area contributed by atoms with Crippen molar-refractivity contribution in [2.75, 3.05) is 0 Å². The minimum absolute atomic E-state index is 0.181. The molecule has 0 bridgehead atoms. The molecule has 6 aromatic rings. The van der Waals surface area contributed by atoms with E-state index in [1.54, 1.807) is 24.3 Å². The van der Waals surface area contributed by atoms with Gasteiger partial charge in [-0.1, -0.05) is 6.07 Å². The van der Waals surface area contributed by atoms with Crippen LogP contribution in [0.5, 0.6) is 11.5 Å². The number of hydrogen-bond acceptors (Lipinski definition) is 4. The van der Waals surface area contributed by atoms with E-state index in [2.05, 4.69) is 6.07 Å². The summed E-state index contributed by atoms with van der Waals surface area (Å²) < 4.78 is 12.0. The van der Waals surface area contributed by atoms with Crippen LogP contribution in [0.1, 0.15) is 0 Å². The normalized spacial score (nSPS) is 12.2. The summed E-state index contributed by atoms with van der Waals surface area (Å²) in [7, 11) is 0. The molecule has 0 atom stereocenters. The van der Waals surface area contributed by atoms with Crippen LogP contribution in [0.4, 0.5) is 0 Å². The second-order valence-corrected chi connectivity index (χ2v) is 6.61. The predicted octanol–water partition coefficient (Wildman–Crippen LogP) is 6.05. The molecule has 2 aromatic heterocycles. The van der Waals surface area contributed by atoms with Crippen molar-refractivity contribution < 1.29 is 19.0 Å². The fourth-order valence-electron chi connectivity index (χ4n) is 3.76. The molecule has 2 N–H and O–H groups in total. The summed E-state index contributed by atoms with van der Waals surface area (Å²) in [6.07, 6.45) is 0. The number of phenolic OH excluding ortho intramolecular Hbond substituents is 2. The maximum absolute atomic E-state index is 9.70. The Morgan fingerprint density at radius 1 is 0.462 bits per heavy atom. The minimum atomic E-state index is 0.181. The van der Waals surface area contributed by atoms with Gasteiger partial charge in [0, 0.05) is 27.6 Å². The highest BCUT2D eigenvalue weighted by molar-refractivity contribution is 6.16. The molecule has 0 saturated heterocycles. The molecule has 0 amide bonds. The molecule has 4 aromatic carbocycles. The number of rotatable bonds is 0. The average Bonchev–Trinajstić information content (AvgIpc) is 3.14. The zero-order valence-electron chi connectivity index (χ0n) is 13.5. The molecule has 124 valence electrons. The molecule has 0 spiro atoms. The monoisotopic (exact) mass is 340 g/mol. The Balaban J connectivity index is 1.75. The highest BCUT2D eigenvalue weighted by atomic mass is 16.3. The minimum Gasteiger partial charge on any atom is -0.508 e. The van der Waals surface area contributed by atoms with Crippen molar-refractivity contribution in [1.82, 2.24) is 0 Å². The van der Waals surface area contributed by atoms with Crippen LogP contribution < -0.4 is 0 Å². The largest absolute Gasteiger partial charge is 0.508 e. The highest BCUT2D eigenvalue weighted by Gasteiger charge is 2.14. The highest BCUT2D eigenvalue weighted by Crippen LogP contribution is 2.38. The van der Waals surface area contributed by atoms with Crippen LogP contribution in [0.2, 0.25) is 0 Å². The van der Waals surface area contributed by atoms with Crippen LogP contribution in [0.3, 0.4) is 0 Å². The number of furan rings is 2. The van der Waals surface area contributed by atoms with Crippen molar-refractivity contribution in [1.29, 1.82) is 0 Å². The molecule has 0 fully saturated rings. The molecule has 2 heterocycles. The summed E-state index contributed by atoms with van der Waals surface area (Å²) in [5.74, 6) is 0.417. The third kappa shape index (κ3) is 1.73. The van der Waals surface area contributed by atoms with Gasteiger partial charge in [0.2, 0.25) is 0 Å². The molecule has 6 rings (SSSR count). The van der Waals surface area contributed by atoms with Gasteiger partial charge in [0.25, 0.3) is 0 Å². The number of benzene rings is 4. The van der Waals surface area contributed by atoms with E-state index >= 15 is 0 Å². The topological polar surface area (TPSA) is 66.7 Å². The van der Waals surface area contributed by atoms with E-state index < -0.39 is 0 Å². The van der Waals surface area contributed by atoms with Gasteiger partial charge >= 0.3 is 0 Å². The number of fused-ring (bicyclic) bond motifs is 7. The summed E-state index contributed by atoms with van der Waals surface area (Å²) in [5, 5.41) is 25.2. The lowest BCUT2D eigenvalue weighted by Gasteiger charge is -1.99. The fourth-order valence-corrected chi connectivity index (χ4v) is 3.76. The fraction of sp³-hybridized carbons (Fsp3) is 0. The third-order valence-corrected chi connectivity index (χ3v) is 4.99. The van der Waals surface area contributed by atoms with Crippen LogP contribution in [-0.4, -0.2) is 10.2 Å². The van der Waals surface area contributed by atoms with E-state index in [-0.39, 0.29) is 11.5 Å². The van der Waals surface area contributed by atoms with Crippen molar-refractivity contribution in [3.63, 3.8) is 0 Å². The molecular weight excluding hydrogens is 328 g/mol. The number of hydrogen-bond donors (Lipinski definition) is 2. The first-order chi connectivity index (χ1) is 12.7. The van der Waals surface area contributed by atoms with Crippen LogP contribution in [0.25, 0.3) is 54.6 Å². The standard InChI is InChI=1S/C22H12O4/c23-13-2-1-11-6-16-18-10-21-17(15-4-3-14(24)8-20(15)26-21)9-22(18)25-19(16)7-12(11)5-13/h1-10,23-24H. The Bertz CT molecular complexity index is 1490. The van der Waals surface area contributed by atoms with Gasteiger partial charge in [0.05, 0.1) is 0 Å². The first-order valence-corrected chi connectivity index (χ1v) is 8.30. The maximum atomic E-state index is 9.70. The zero-order chi connectivity index (χ0) is 17.4. The summed E-state index contributed by atoms with van der Waals surface area (Å²) in [5.41, 5.74) is 2.96. The van der Waals surface area contributed by atoms with Gasteiger partial charge in [0.1, 0.15) is 33.8 Å². The molecule has 4 heteroatoms. The molecule has 0 saturated carbocycles. The van der Waals surface area contributed by atoms with Crippen LogP contribution in [0.15, 0.2) is 69.5 Å². The maximum Gasteiger partial charge on any atom is 0.139 e. The van der Waals surface area contributed by atoms with Gasteiger partial charge in [-0.05, 0) is 59.3 Å². The van der Waals surface area contributed by atoms with Crippen molar-refractivity contribution in [2.45, 2.75) is 0 Å².